The number of piperazine rings is 1. The van der Waals surface area contributed by atoms with Crippen LogP contribution >= 0.6 is 0 Å². The van der Waals surface area contributed by atoms with Gasteiger partial charge in [0.2, 0.25) is 10.0 Å². The summed E-state index contributed by atoms with van der Waals surface area (Å²) in [6.07, 6.45) is -2.28. The Labute approximate surface area is 174 Å². The summed E-state index contributed by atoms with van der Waals surface area (Å²) in [5.74, 6) is -1.83. The fourth-order valence-electron chi connectivity index (χ4n) is 3.47. The first kappa shape index (κ1) is 21.3. The van der Waals surface area contributed by atoms with Gasteiger partial charge in [-0.05, 0) is 12.1 Å². The van der Waals surface area contributed by atoms with E-state index in [0.29, 0.717) is 49.6 Å². The van der Waals surface area contributed by atoms with Crippen molar-refractivity contribution in [2.24, 2.45) is 0 Å². The van der Waals surface area contributed by atoms with Crippen LogP contribution in [-0.4, -0.2) is 65.4 Å². The summed E-state index contributed by atoms with van der Waals surface area (Å²) < 4.78 is 78.3. The molecule has 2 aromatic heterocycles. The zero-order valence-corrected chi connectivity index (χ0v) is 16.9. The van der Waals surface area contributed by atoms with E-state index in [-0.39, 0.29) is 11.1 Å². The fraction of sp³-hybridized carbons (Fsp3) is 0.333. The minimum atomic E-state index is -4.77. The molecule has 0 unspecified atom stereocenters. The number of alkyl halides is 3. The molecule has 0 amide bonds. The molecule has 0 atom stereocenters. The highest BCUT2D eigenvalue weighted by Crippen LogP contribution is 2.39. The van der Waals surface area contributed by atoms with E-state index in [2.05, 4.69) is 15.2 Å². The average molecular weight is 459 g/mol. The zero-order valence-electron chi connectivity index (χ0n) is 16.1. The number of halogens is 4. The number of hydrogen-bond donors (Lipinski definition) is 2. The predicted octanol–water partition coefficient (Wildman–Crippen LogP) is 2.57. The van der Waals surface area contributed by atoms with Crippen molar-refractivity contribution in [3.63, 3.8) is 0 Å². The number of nitrogens with one attached hydrogen (secondary N) is 1. The molecule has 1 saturated heterocycles. The Morgan fingerprint density at radius 1 is 1.13 bits per heavy atom. The molecule has 3 heterocycles. The lowest BCUT2D eigenvalue weighted by Gasteiger charge is -2.33. The number of phenolic OH excluding ortho intramolecular Hbond substituents is 1. The number of benzene rings is 1. The Kier molecular flexibility index (Phi) is 5.04. The van der Waals surface area contributed by atoms with Gasteiger partial charge in [-0.1, -0.05) is 0 Å². The zero-order chi connectivity index (χ0) is 22.6. The number of hydrogen-bond acceptors (Lipinski definition) is 6. The molecule has 2 N–H and O–H groups in total. The predicted molar refractivity (Wildman–Crippen MR) is 105 cm³/mol. The van der Waals surface area contributed by atoms with E-state index in [1.54, 1.807) is 6.07 Å². The topological polar surface area (TPSA) is 102 Å². The largest absolute Gasteiger partial charge is 0.505 e. The van der Waals surface area contributed by atoms with Crippen molar-refractivity contribution in [3.05, 3.63) is 35.8 Å². The highest BCUT2D eigenvalue weighted by atomic mass is 32.2. The van der Waals surface area contributed by atoms with Crippen molar-refractivity contribution in [1.82, 2.24) is 19.5 Å². The van der Waals surface area contributed by atoms with Gasteiger partial charge in [-0.25, -0.2) is 17.8 Å². The molecule has 1 fully saturated rings. The van der Waals surface area contributed by atoms with Gasteiger partial charge in [-0.2, -0.15) is 22.6 Å². The molecule has 13 heteroatoms. The second kappa shape index (κ2) is 7.34. The number of fused-ring (bicyclic) bond motifs is 1. The van der Waals surface area contributed by atoms with Gasteiger partial charge in [-0.15, -0.1) is 0 Å². The second-order valence-corrected chi connectivity index (χ2v) is 9.15. The number of nitrogens with zero attached hydrogens (tertiary/aromatic N) is 4. The molecule has 0 bridgehead atoms. The first-order chi connectivity index (χ1) is 14.4. The van der Waals surface area contributed by atoms with Crippen molar-refractivity contribution < 1.29 is 31.1 Å². The Hall–Kier alpha value is -2.93. The summed E-state index contributed by atoms with van der Waals surface area (Å²) >= 11 is 0. The van der Waals surface area contributed by atoms with Crippen molar-refractivity contribution in [2.75, 3.05) is 37.3 Å². The summed E-state index contributed by atoms with van der Waals surface area (Å²) in [6.45, 7) is 1.40. The summed E-state index contributed by atoms with van der Waals surface area (Å²) in [5.41, 5.74) is -1.42. The Morgan fingerprint density at radius 3 is 2.42 bits per heavy atom. The molecule has 3 aromatic rings. The van der Waals surface area contributed by atoms with E-state index in [9.17, 15) is 31.1 Å². The quantitative estimate of drug-likeness (QED) is 0.584. The van der Waals surface area contributed by atoms with Gasteiger partial charge in [0, 0.05) is 49.4 Å². The molecular weight excluding hydrogens is 442 g/mol. The van der Waals surface area contributed by atoms with Gasteiger partial charge in [0.15, 0.2) is 11.6 Å². The van der Waals surface area contributed by atoms with Gasteiger partial charge < -0.3 is 10.0 Å². The minimum Gasteiger partial charge on any atom is -0.505 e. The van der Waals surface area contributed by atoms with Crippen LogP contribution in [0.25, 0.3) is 22.2 Å². The standard InChI is InChI=1S/C18H17F4N5O3S/c1-31(29,30)27-4-2-26(3-5-27)15-8-13-12(9-23-15)17(25-24-13)11-6-10(18(20,21)22)7-14(28)16(11)19/h6-9,28H,2-5H2,1H3,(H,24,25). The maximum absolute atomic E-state index is 14.4. The molecule has 0 radical (unpaired) electrons. The Balaban J connectivity index is 1.67. The first-order valence-corrected chi connectivity index (χ1v) is 10.9. The molecule has 1 aliphatic heterocycles. The Bertz CT molecular complexity index is 1250. The van der Waals surface area contributed by atoms with Crippen LogP contribution in [0.2, 0.25) is 0 Å². The molecule has 8 nitrogen and oxygen atoms in total. The molecule has 1 aliphatic rings. The van der Waals surface area contributed by atoms with Gasteiger partial charge in [0.25, 0.3) is 0 Å². The van der Waals surface area contributed by atoms with E-state index in [1.807, 2.05) is 4.90 Å². The first-order valence-electron chi connectivity index (χ1n) is 9.09. The third kappa shape index (κ3) is 4.02. The number of H-pyrrole nitrogens is 1. The number of aromatic nitrogens is 3. The van der Waals surface area contributed by atoms with E-state index < -0.39 is 38.9 Å². The number of aromatic amines is 1. The smallest absolute Gasteiger partial charge is 0.416 e. The van der Waals surface area contributed by atoms with Crippen molar-refractivity contribution in [3.8, 4) is 17.0 Å². The summed E-state index contributed by atoms with van der Waals surface area (Å²) in [5, 5.41) is 16.5. The van der Waals surface area contributed by atoms with E-state index >= 15 is 0 Å². The number of aromatic hydroxyl groups is 1. The number of pyridine rings is 1. The van der Waals surface area contributed by atoms with Gasteiger partial charge in [0.1, 0.15) is 11.5 Å². The van der Waals surface area contributed by atoms with E-state index in [0.717, 1.165) is 6.26 Å². The van der Waals surface area contributed by atoms with Crippen LogP contribution in [0.15, 0.2) is 24.4 Å². The van der Waals surface area contributed by atoms with Crippen molar-refractivity contribution >= 4 is 26.7 Å². The lowest BCUT2D eigenvalue weighted by molar-refractivity contribution is -0.137. The molecule has 0 aliphatic carbocycles. The number of rotatable bonds is 3. The molecular formula is C18H17F4N5O3S. The van der Waals surface area contributed by atoms with Crippen LogP contribution < -0.4 is 4.90 Å². The van der Waals surface area contributed by atoms with Crippen LogP contribution in [0.3, 0.4) is 0 Å². The van der Waals surface area contributed by atoms with Crippen LogP contribution in [0, 0.1) is 5.82 Å². The monoisotopic (exact) mass is 459 g/mol. The molecule has 0 spiro atoms. The maximum Gasteiger partial charge on any atom is 0.416 e. The van der Waals surface area contributed by atoms with Crippen molar-refractivity contribution in [2.45, 2.75) is 6.18 Å². The van der Waals surface area contributed by atoms with Crippen LogP contribution in [0.4, 0.5) is 23.4 Å². The molecule has 0 saturated carbocycles. The summed E-state index contributed by atoms with van der Waals surface area (Å²) in [4.78, 5) is 6.15. The third-order valence-electron chi connectivity index (χ3n) is 5.10. The minimum absolute atomic E-state index is 0.116. The Morgan fingerprint density at radius 2 is 1.81 bits per heavy atom. The molecule has 166 valence electrons. The number of sulfonamides is 1. The van der Waals surface area contributed by atoms with Gasteiger partial charge >= 0.3 is 6.18 Å². The maximum atomic E-state index is 14.4. The van der Waals surface area contributed by atoms with Crippen LogP contribution in [-0.2, 0) is 16.2 Å². The normalized spacial score (nSPS) is 16.2. The lowest BCUT2D eigenvalue weighted by atomic mass is 10.0. The highest BCUT2D eigenvalue weighted by molar-refractivity contribution is 7.88. The van der Waals surface area contributed by atoms with Crippen LogP contribution in [0.5, 0.6) is 5.75 Å². The third-order valence-corrected chi connectivity index (χ3v) is 6.40. The lowest BCUT2D eigenvalue weighted by Crippen LogP contribution is -2.48. The van der Waals surface area contributed by atoms with Gasteiger partial charge in [0.05, 0.1) is 17.3 Å². The highest BCUT2D eigenvalue weighted by Gasteiger charge is 2.33. The summed E-state index contributed by atoms with van der Waals surface area (Å²) in [7, 11) is -3.28. The van der Waals surface area contributed by atoms with E-state index in [4.69, 9.17) is 0 Å². The fourth-order valence-corrected chi connectivity index (χ4v) is 4.30. The summed E-state index contributed by atoms with van der Waals surface area (Å²) in [6, 6.07) is 2.51. The number of anilines is 1. The second-order valence-electron chi connectivity index (χ2n) is 7.16. The SMILES string of the molecule is CS(=O)(=O)N1CCN(c2cc3[nH]nc(-c4cc(C(F)(F)F)cc(O)c4F)c3cn2)CC1. The molecule has 4 rings (SSSR count). The van der Waals surface area contributed by atoms with Crippen LogP contribution in [0.1, 0.15) is 5.56 Å². The molecule has 31 heavy (non-hydrogen) atoms. The number of phenols is 1. The van der Waals surface area contributed by atoms with Gasteiger partial charge in [-0.3, -0.25) is 5.10 Å². The van der Waals surface area contributed by atoms with Crippen molar-refractivity contribution in [1.29, 1.82) is 0 Å². The van der Waals surface area contributed by atoms with E-state index in [1.165, 1.54) is 10.5 Å². The molecule has 1 aromatic carbocycles. The average Bonchev–Trinajstić information content (AvgIpc) is 3.11.